The van der Waals surface area contributed by atoms with Crippen LogP contribution in [0.4, 0.5) is 4.39 Å². The lowest BCUT2D eigenvalue weighted by molar-refractivity contribution is 0.121. The van der Waals surface area contributed by atoms with E-state index in [2.05, 4.69) is 20.5 Å². The molecule has 2 rings (SSSR count). The average Bonchev–Trinajstić information content (AvgIpc) is 2.66. The number of ether oxygens (including phenoxy) is 1. The van der Waals surface area contributed by atoms with Crippen LogP contribution in [-0.2, 0) is 4.74 Å². The average molecular weight is 492 g/mol. The summed E-state index contributed by atoms with van der Waals surface area (Å²) in [5.41, 5.74) is 1.59. The number of methoxy groups -OCH3 is 1. The third-order valence-electron chi connectivity index (χ3n) is 5.15. The van der Waals surface area contributed by atoms with Crippen LogP contribution in [0.25, 0.3) is 0 Å². The Morgan fingerprint density at radius 1 is 1.37 bits per heavy atom. The minimum absolute atomic E-state index is 0. The lowest BCUT2D eigenvalue weighted by Gasteiger charge is -2.32. The van der Waals surface area contributed by atoms with Crippen LogP contribution in [0, 0.1) is 18.7 Å². The van der Waals surface area contributed by atoms with E-state index in [1.54, 1.807) is 27.1 Å². The fourth-order valence-corrected chi connectivity index (χ4v) is 3.24. The molecule has 27 heavy (non-hydrogen) atoms. The summed E-state index contributed by atoms with van der Waals surface area (Å²) in [5.74, 6) is 1.25. The van der Waals surface area contributed by atoms with Crippen molar-refractivity contribution in [2.45, 2.75) is 32.7 Å². The Morgan fingerprint density at radius 2 is 2.07 bits per heavy atom. The van der Waals surface area contributed by atoms with Crippen LogP contribution in [0.2, 0.25) is 0 Å². The zero-order valence-corrected chi connectivity index (χ0v) is 19.3. The number of hydrogen-bond acceptors (Lipinski definition) is 3. The largest absolute Gasteiger partial charge is 0.383 e. The molecule has 5 nitrogen and oxygen atoms in total. The summed E-state index contributed by atoms with van der Waals surface area (Å²) in [6, 6.07) is 5.36. The lowest BCUT2D eigenvalue weighted by atomic mass is 9.97. The van der Waals surface area contributed by atoms with Crippen molar-refractivity contribution in [1.82, 2.24) is 15.5 Å². The maximum atomic E-state index is 13.8. The Kier molecular flexibility index (Phi) is 11.2. The molecular formula is C20H34FIN4O. The van der Waals surface area contributed by atoms with Crippen LogP contribution in [0.5, 0.6) is 0 Å². The molecule has 2 N–H and O–H groups in total. The molecule has 0 saturated carbocycles. The van der Waals surface area contributed by atoms with E-state index in [-0.39, 0.29) is 35.8 Å². The van der Waals surface area contributed by atoms with E-state index >= 15 is 0 Å². The first kappa shape index (κ1) is 24.1. The van der Waals surface area contributed by atoms with Gasteiger partial charge in [0.15, 0.2) is 5.96 Å². The van der Waals surface area contributed by atoms with E-state index in [1.807, 2.05) is 19.1 Å². The minimum Gasteiger partial charge on any atom is -0.383 e. The number of nitrogens with one attached hydrogen (secondary N) is 2. The maximum Gasteiger partial charge on any atom is 0.191 e. The minimum atomic E-state index is -0.167. The van der Waals surface area contributed by atoms with Gasteiger partial charge in [-0.1, -0.05) is 12.1 Å². The van der Waals surface area contributed by atoms with Crippen LogP contribution in [0.3, 0.4) is 0 Å². The van der Waals surface area contributed by atoms with E-state index in [0.29, 0.717) is 11.5 Å². The number of rotatable bonds is 7. The summed E-state index contributed by atoms with van der Waals surface area (Å²) in [6.07, 6.45) is 2.37. The number of halogens is 2. The molecule has 1 aromatic rings. The lowest BCUT2D eigenvalue weighted by Crippen LogP contribution is -2.43. The number of hydrogen-bond donors (Lipinski definition) is 2. The molecule has 7 heteroatoms. The van der Waals surface area contributed by atoms with Gasteiger partial charge in [-0.2, -0.15) is 0 Å². The summed E-state index contributed by atoms with van der Waals surface area (Å²) in [6.45, 7) is 8.78. The Hall–Kier alpha value is -0.930. The molecule has 1 aromatic carbocycles. The van der Waals surface area contributed by atoms with E-state index < -0.39 is 0 Å². The van der Waals surface area contributed by atoms with Gasteiger partial charge in [0.2, 0.25) is 0 Å². The van der Waals surface area contributed by atoms with Crippen molar-refractivity contribution in [2.24, 2.45) is 10.9 Å². The van der Waals surface area contributed by atoms with Crippen molar-refractivity contribution in [3.05, 3.63) is 35.1 Å². The topological polar surface area (TPSA) is 48.9 Å². The number of benzene rings is 1. The number of aliphatic imine (C=N–C) groups is 1. The van der Waals surface area contributed by atoms with Crippen molar-refractivity contribution in [2.75, 3.05) is 46.9 Å². The van der Waals surface area contributed by atoms with Crippen molar-refractivity contribution in [1.29, 1.82) is 0 Å². The quantitative estimate of drug-likeness (QED) is 0.349. The van der Waals surface area contributed by atoms with Gasteiger partial charge in [-0.15, -0.1) is 24.0 Å². The van der Waals surface area contributed by atoms with Crippen molar-refractivity contribution in [3.8, 4) is 0 Å². The van der Waals surface area contributed by atoms with Gasteiger partial charge in [0.1, 0.15) is 5.82 Å². The number of nitrogens with zero attached hydrogens (tertiary/aromatic N) is 2. The fraction of sp³-hybridized carbons (Fsp3) is 0.650. The Bertz CT molecular complexity index is 591. The van der Waals surface area contributed by atoms with Crippen molar-refractivity contribution >= 4 is 29.9 Å². The highest BCUT2D eigenvalue weighted by molar-refractivity contribution is 14.0. The zero-order valence-electron chi connectivity index (χ0n) is 16.9. The SMILES string of the molecule is CN=C(NCC1CCN(CCOC)CC1)NC(C)c1ccc(C)c(F)c1.I. The first-order valence-corrected chi connectivity index (χ1v) is 9.48. The zero-order chi connectivity index (χ0) is 18.9. The van der Waals surface area contributed by atoms with Crippen LogP contribution in [0.1, 0.15) is 36.9 Å². The predicted molar refractivity (Wildman–Crippen MR) is 121 cm³/mol. The molecule has 1 fully saturated rings. The van der Waals surface area contributed by atoms with E-state index in [4.69, 9.17) is 4.74 Å². The second-order valence-corrected chi connectivity index (χ2v) is 7.11. The summed E-state index contributed by atoms with van der Waals surface area (Å²) >= 11 is 0. The molecule has 1 aliphatic heterocycles. The third kappa shape index (κ3) is 7.91. The standard InChI is InChI=1S/C20H33FN4O.HI/c1-15-5-6-18(13-19(15)21)16(2)24-20(22-3)23-14-17-7-9-25(10-8-17)11-12-26-4;/h5-6,13,16-17H,7-12,14H2,1-4H3,(H2,22,23,24);1H. The van der Waals surface area contributed by atoms with E-state index in [0.717, 1.165) is 44.3 Å². The summed E-state index contributed by atoms with van der Waals surface area (Å²) in [7, 11) is 3.52. The first-order valence-electron chi connectivity index (χ1n) is 9.48. The van der Waals surface area contributed by atoms with Gasteiger partial charge in [-0.3, -0.25) is 4.99 Å². The molecule has 1 aliphatic rings. The van der Waals surface area contributed by atoms with Gasteiger partial charge in [0.05, 0.1) is 12.6 Å². The molecule has 0 aromatic heterocycles. The monoisotopic (exact) mass is 492 g/mol. The number of likely N-dealkylation sites (tertiary alicyclic amines) is 1. The van der Waals surface area contributed by atoms with Gasteiger partial charge in [-0.05, 0) is 62.9 Å². The van der Waals surface area contributed by atoms with Gasteiger partial charge < -0.3 is 20.3 Å². The highest BCUT2D eigenvalue weighted by Gasteiger charge is 2.19. The summed E-state index contributed by atoms with van der Waals surface area (Å²) in [5, 5.41) is 6.78. The van der Waals surface area contributed by atoms with E-state index in [1.165, 1.54) is 12.8 Å². The Labute approximate surface area is 180 Å². The molecule has 0 spiro atoms. The molecular weight excluding hydrogens is 458 g/mol. The molecule has 1 saturated heterocycles. The highest BCUT2D eigenvalue weighted by Crippen LogP contribution is 2.17. The molecule has 0 amide bonds. The molecule has 154 valence electrons. The predicted octanol–water partition coefficient (Wildman–Crippen LogP) is 3.34. The molecule has 0 bridgehead atoms. The normalized spacial score (nSPS) is 17.3. The number of guanidine groups is 1. The van der Waals surface area contributed by atoms with Crippen LogP contribution in [-0.4, -0.2) is 57.8 Å². The van der Waals surface area contributed by atoms with Gasteiger partial charge in [-0.25, -0.2) is 4.39 Å². The van der Waals surface area contributed by atoms with E-state index in [9.17, 15) is 4.39 Å². The molecule has 1 atom stereocenters. The first-order chi connectivity index (χ1) is 12.5. The number of piperidine rings is 1. The highest BCUT2D eigenvalue weighted by atomic mass is 127. The third-order valence-corrected chi connectivity index (χ3v) is 5.15. The van der Waals surface area contributed by atoms with Crippen LogP contribution in [0.15, 0.2) is 23.2 Å². The van der Waals surface area contributed by atoms with Crippen molar-refractivity contribution in [3.63, 3.8) is 0 Å². The molecule has 0 radical (unpaired) electrons. The molecule has 1 unspecified atom stereocenters. The van der Waals surface area contributed by atoms with Gasteiger partial charge in [0, 0.05) is 27.2 Å². The van der Waals surface area contributed by atoms with Crippen molar-refractivity contribution < 1.29 is 9.13 Å². The molecule has 0 aliphatic carbocycles. The maximum absolute atomic E-state index is 13.8. The summed E-state index contributed by atoms with van der Waals surface area (Å²) in [4.78, 5) is 6.77. The summed E-state index contributed by atoms with van der Waals surface area (Å²) < 4.78 is 18.9. The Morgan fingerprint density at radius 3 is 2.67 bits per heavy atom. The smallest absolute Gasteiger partial charge is 0.191 e. The number of aryl methyl sites for hydroxylation is 1. The van der Waals surface area contributed by atoms with Crippen LogP contribution < -0.4 is 10.6 Å². The Balaban J connectivity index is 0.00000364. The second kappa shape index (κ2) is 12.5. The van der Waals surface area contributed by atoms with Gasteiger partial charge in [0.25, 0.3) is 0 Å². The second-order valence-electron chi connectivity index (χ2n) is 7.11. The van der Waals surface area contributed by atoms with Gasteiger partial charge >= 0.3 is 0 Å². The fourth-order valence-electron chi connectivity index (χ4n) is 3.24. The molecule has 1 heterocycles. The van der Waals surface area contributed by atoms with Crippen LogP contribution >= 0.6 is 24.0 Å².